The van der Waals surface area contributed by atoms with Crippen LogP contribution in [-0.4, -0.2) is 29.2 Å². The van der Waals surface area contributed by atoms with Crippen LogP contribution in [0.1, 0.15) is 27.8 Å². The number of thioether (sulfide) groups is 1. The van der Waals surface area contributed by atoms with Crippen LogP contribution in [0, 0.1) is 0 Å². The van der Waals surface area contributed by atoms with E-state index in [0.29, 0.717) is 17.7 Å². The van der Waals surface area contributed by atoms with Crippen molar-refractivity contribution in [1.82, 2.24) is 15.3 Å². The molecule has 0 aliphatic heterocycles. The van der Waals surface area contributed by atoms with Gasteiger partial charge in [-0.05, 0) is 48.6 Å². The van der Waals surface area contributed by atoms with Gasteiger partial charge in [-0.1, -0.05) is 42.5 Å². The molecule has 6 heteroatoms. The van der Waals surface area contributed by atoms with Crippen LogP contribution in [0.25, 0.3) is 11.0 Å². The molecule has 0 aliphatic rings. The van der Waals surface area contributed by atoms with Crippen molar-refractivity contribution in [2.45, 2.75) is 17.4 Å². The molecule has 3 aromatic carbocycles. The van der Waals surface area contributed by atoms with Crippen LogP contribution >= 0.6 is 11.8 Å². The number of imidazole rings is 1. The number of ether oxygens (including phenoxy) is 1. The Morgan fingerprint density at radius 2 is 1.87 bits per heavy atom. The first kappa shape index (κ1) is 20.0. The van der Waals surface area contributed by atoms with Crippen molar-refractivity contribution in [3.05, 3.63) is 89.7 Å². The van der Waals surface area contributed by atoms with Gasteiger partial charge in [-0.15, -0.1) is 11.8 Å². The second kappa shape index (κ2) is 9.05. The smallest absolute Gasteiger partial charge is 0.255 e. The Hall–Kier alpha value is -3.25. The van der Waals surface area contributed by atoms with Crippen molar-refractivity contribution in [1.29, 1.82) is 0 Å². The summed E-state index contributed by atoms with van der Waals surface area (Å²) in [5.41, 5.74) is 3.45. The van der Waals surface area contributed by atoms with Crippen molar-refractivity contribution in [2.75, 3.05) is 13.4 Å². The molecule has 0 aliphatic carbocycles. The van der Waals surface area contributed by atoms with Gasteiger partial charge in [-0.2, -0.15) is 0 Å². The molecule has 4 aromatic rings. The Kier molecular flexibility index (Phi) is 6.05. The third-order valence-corrected chi connectivity index (χ3v) is 5.70. The number of aromatic nitrogens is 2. The number of rotatable bonds is 7. The van der Waals surface area contributed by atoms with Crippen LogP contribution in [0.3, 0.4) is 0 Å². The monoisotopic (exact) mass is 417 g/mol. The summed E-state index contributed by atoms with van der Waals surface area (Å²) in [4.78, 5) is 22.3. The van der Waals surface area contributed by atoms with Gasteiger partial charge in [0, 0.05) is 4.90 Å². The Morgan fingerprint density at radius 1 is 1.10 bits per heavy atom. The predicted molar refractivity (Wildman–Crippen MR) is 121 cm³/mol. The normalized spacial score (nSPS) is 11.9. The fourth-order valence-electron chi connectivity index (χ4n) is 3.43. The third-order valence-electron chi connectivity index (χ3n) is 4.98. The highest BCUT2D eigenvalue weighted by Gasteiger charge is 2.22. The first-order chi connectivity index (χ1) is 14.7. The number of nitrogens with one attached hydrogen (secondary N) is 2. The van der Waals surface area contributed by atoms with Gasteiger partial charge in [-0.25, -0.2) is 4.98 Å². The lowest BCUT2D eigenvalue weighted by Crippen LogP contribution is -2.31. The maximum Gasteiger partial charge on any atom is 0.255 e. The molecule has 0 unspecified atom stereocenters. The lowest BCUT2D eigenvalue weighted by atomic mass is 10.0. The number of fused-ring (bicyclic) bond motifs is 1. The highest BCUT2D eigenvalue weighted by Crippen LogP contribution is 2.27. The van der Waals surface area contributed by atoms with Gasteiger partial charge in [0.05, 0.1) is 29.7 Å². The van der Waals surface area contributed by atoms with Crippen LogP contribution in [0.4, 0.5) is 0 Å². The molecule has 0 bridgehead atoms. The first-order valence-electron chi connectivity index (χ1n) is 9.69. The Labute approximate surface area is 179 Å². The number of hydrogen-bond acceptors (Lipinski definition) is 4. The summed E-state index contributed by atoms with van der Waals surface area (Å²) in [5.74, 6) is 1.09. The van der Waals surface area contributed by atoms with Gasteiger partial charge in [0.2, 0.25) is 0 Å². The molecule has 1 aromatic heterocycles. The van der Waals surface area contributed by atoms with E-state index in [9.17, 15) is 4.79 Å². The zero-order valence-corrected chi connectivity index (χ0v) is 17.7. The Morgan fingerprint density at radius 3 is 2.60 bits per heavy atom. The number of hydrogen-bond donors (Lipinski definition) is 2. The van der Waals surface area contributed by atoms with Gasteiger partial charge in [0.15, 0.2) is 0 Å². The Balaban J connectivity index is 1.66. The number of nitrogens with zero attached hydrogens (tertiary/aromatic N) is 1. The number of para-hydroxylation sites is 2. The highest BCUT2D eigenvalue weighted by molar-refractivity contribution is 7.98. The van der Waals surface area contributed by atoms with E-state index in [-0.39, 0.29) is 11.9 Å². The van der Waals surface area contributed by atoms with E-state index in [4.69, 9.17) is 9.72 Å². The number of H-pyrrole nitrogens is 1. The van der Waals surface area contributed by atoms with Crippen molar-refractivity contribution in [3.8, 4) is 5.75 Å². The van der Waals surface area contributed by atoms with Crippen molar-refractivity contribution in [3.63, 3.8) is 0 Å². The topological polar surface area (TPSA) is 67.0 Å². The molecular formula is C24H23N3O2S. The van der Waals surface area contributed by atoms with Crippen LogP contribution in [0.5, 0.6) is 5.75 Å². The summed E-state index contributed by atoms with van der Waals surface area (Å²) in [6.45, 7) is 0. The largest absolute Gasteiger partial charge is 0.496 e. The fourth-order valence-corrected chi connectivity index (χ4v) is 3.85. The molecule has 0 fully saturated rings. The predicted octanol–water partition coefficient (Wildman–Crippen LogP) is 5.01. The minimum Gasteiger partial charge on any atom is -0.496 e. The van der Waals surface area contributed by atoms with Crippen LogP contribution in [0.2, 0.25) is 0 Å². The molecule has 0 saturated heterocycles. The zero-order valence-electron chi connectivity index (χ0n) is 16.9. The van der Waals surface area contributed by atoms with Gasteiger partial charge < -0.3 is 15.0 Å². The lowest BCUT2D eigenvalue weighted by molar-refractivity contribution is 0.0931. The SMILES string of the molecule is COc1cc(SC)ccc1C(=O)N[C@H](Cc1ccccc1)c1nc2ccccc2[nH]1. The number of amides is 1. The molecule has 2 N–H and O–H groups in total. The standard InChI is InChI=1S/C24H23N3O2S/c1-29-22-15-17(30-2)12-13-18(22)24(28)27-21(14-16-8-4-3-5-9-16)23-25-19-10-6-7-11-20(19)26-23/h3-13,15,21H,14H2,1-2H3,(H,25,26)(H,27,28)/t21-/m1/s1. The van der Waals surface area contributed by atoms with E-state index in [1.165, 1.54) is 0 Å². The molecule has 1 heterocycles. The zero-order chi connectivity index (χ0) is 20.9. The minimum absolute atomic E-state index is 0.194. The average Bonchev–Trinajstić information content (AvgIpc) is 3.23. The number of benzene rings is 3. The molecule has 0 spiro atoms. The van der Waals surface area contributed by atoms with Crippen molar-refractivity contribution >= 4 is 28.7 Å². The van der Waals surface area contributed by atoms with E-state index in [0.717, 1.165) is 27.3 Å². The second-order valence-electron chi connectivity index (χ2n) is 6.92. The van der Waals surface area contributed by atoms with E-state index < -0.39 is 0 Å². The molecule has 0 saturated carbocycles. The van der Waals surface area contributed by atoms with E-state index in [1.54, 1.807) is 24.9 Å². The molecule has 152 valence electrons. The van der Waals surface area contributed by atoms with Crippen LogP contribution < -0.4 is 10.1 Å². The average molecular weight is 418 g/mol. The number of carbonyl (C=O) groups is 1. The number of carbonyl (C=O) groups excluding carboxylic acids is 1. The Bertz CT molecular complexity index is 1120. The third kappa shape index (κ3) is 4.33. The summed E-state index contributed by atoms with van der Waals surface area (Å²) in [6.07, 6.45) is 2.61. The molecule has 30 heavy (non-hydrogen) atoms. The molecule has 1 amide bonds. The fraction of sp³-hybridized carbons (Fsp3) is 0.167. The van der Waals surface area contributed by atoms with E-state index in [1.807, 2.05) is 60.9 Å². The van der Waals surface area contributed by atoms with Gasteiger partial charge in [0.25, 0.3) is 5.91 Å². The summed E-state index contributed by atoms with van der Waals surface area (Å²) < 4.78 is 5.46. The maximum absolute atomic E-state index is 13.2. The second-order valence-corrected chi connectivity index (χ2v) is 7.80. The van der Waals surface area contributed by atoms with Gasteiger partial charge in [0.1, 0.15) is 11.6 Å². The molecule has 1 atom stereocenters. The van der Waals surface area contributed by atoms with Crippen molar-refractivity contribution in [2.24, 2.45) is 0 Å². The first-order valence-corrected chi connectivity index (χ1v) is 10.9. The summed E-state index contributed by atoms with van der Waals surface area (Å²) in [7, 11) is 1.58. The highest BCUT2D eigenvalue weighted by atomic mass is 32.2. The van der Waals surface area contributed by atoms with E-state index in [2.05, 4.69) is 22.4 Å². The maximum atomic E-state index is 13.2. The van der Waals surface area contributed by atoms with Crippen molar-refractivity contribution < 1.29 is 9.53 Å². The van der Waals surface area contributed by atoms with Crippen LogP contribution in [0.15, 0.2) is 77.7 Å². The summed E-state index contributed by atoms with van der Waals surface area (Å²) in [5, 5.41) is 3.15. The molecule has 5 nitrogen and oxygen atoms in total. The number of methoxy groups -OCH3 is 1. The molecule has 4 rings (SSSR count). The van der Waals surface area contributed by atoms with Gasteiger partial charge in [-0.3, -0.25) is 4.79 Å². The molecular weight excluding hydrogens is 394 g/mol. The molecule has 0 radical (unpaired) electrons. The summed E-state index contributed by atoms with van der Waals surface area (Å²) in [6, 6.07) is 23.2. The summed E-state index contributed by atoms with van der Waals surface area (Å²) >= 11 is 1.61. The van der Waals surface area contributed by atoms with Crippen LogP contribution in [-0.2, 0) is 6.42 Å². The lowest BCUT2D eigenvalue weighted by Gasteiger charge is -2.18. The van der Waals surface area contributed by atoms with Gasteiger partial charge >= 0.3 is 0 Å². The number of aromatic amines is 1. The van der Waals surface area contributed by atoms with E-state index >= 15 is 0 Å². The minimum atomic E-state index is -0.308. The quantitative estimate of drug-likeness (QED) is 0.415.